The number of rotatable bonds is 6. The highest BCUT2D eigenvalue weighted by Gasteiger charge is 2.31. The fourth-order valence-corrected chi connectivity index (χ4v) is 2.63. The fourth-order valence-electron chi connectivity index (χ4n) is 2.63. The van der Waals surface area contributed by atoms with Crippen LogP contribution in [0.4, 0.5) is 4.79 Å². The third-order valence-corrected chi connectivity index (χ3v) is 3.93. The lowest BCUT2D eigenvalue weighted by atomic mass is 9.86. The maximum Gasteiger partial charge on any atom is 0.407 e. The van der Waals surface area contributed by atoms with Crippen LogP contribution in [-0.2, 0) is 11.3 Å². The highest BCUT2D eigenvalue weighted by molar-refractivity contribution is 5.68. The number of carbonyl (C=O) groups is 1. The standard InChI is InChI=1S/C18H28N2O4/c1-18(2,3)24-17(21)20-14-8-13(9-14)19-11-12-6-7-15(22-4)10-16(12)23-5/h6-7,10,13-14,19H,8-9,11H2,1-5H3,(H,20,21). The molecule has 0 aliphatic heterocycles. The zero-order valence-electron chi connectivity index (χ0n) is 15.1. The number of alkyl carbamates (subject to hydrolysis) is 1. The van der Waals surface area contributed by atoms with Crippen LogP contribution < -0.4 is 20.1 Å². The molecule has 24 heavy (non-hydrogen) atoms. The molecule has 0 spiro atoms. The van der Waals surface area contributed by atoms with E-state index < -0.39 is 5.60 Å². The van der Waals surface area contributed by atoms with Gasteiger partial charge in [-0.05, 0) is 39.7 Å². The minimum Gasteiger partial charge on any atom is -0.497 e. The van der Waals surface area contributed by atoms with Gasteiger partial charge in [-0.2, -0.15) is 0 Å². The SMILES string of the molecule is COc1ccc(CNC2CC(NC(=O)OC(C)(C)C)C2)c(OC)c1. The smallest absolute Gasteiger partial charge is 0.407 e. The predicted octanol–water partition coefficient (Wildman–Crippen LogP) is 2.85. The van der Waals surface area contributed by atoms with Crippen molar-refractivity contribution in [1.29, 1.82) is 0 Å². The number of hydrogen-bond acceptors (Lipinski definition) is 5. The van der Waals surface area contributed by atoms with Gasteiger partial charge in [0.25, 0.3) is 0 Å². The summed E-state index contributed by atoms with van der Waals surface area (Å²) >= 11 is 0. The summed E-state index contributed by atoms with van der Waals surface area (Å²) in [7, 11) is 3.29. The van der Waals surface area contributed by atoms with Crippen LogP contribution in [0.3, 0.4) is 0 Å². The van der Waals surface area contributed by atoms with Gasteiger partial charge < -0.3 is 24.8 Å². The van der Waals surface area contributed by atoms with Crippen LogP contribution in [0, 0.1) is 0 Å². The number of carbonyl (C=O) groups excluding carboxylic acids is 1. The molecule has 1 aromatic rings. The largest absolute Gasteiger partial charge is 0.497 e. The molecule has 134 valence electrons. The molecular formula is C18H28N2O4. The highest BCUT2D eigenvalue weighted by Crippen LogP contribution is 2.26. The van der Waals surface area contributed by atoms with Gasteiger partial charge in [0, 0.05) is 30.3 Å². The Morgan fingerprint density at radius 1 is 1.17 bits per heavy atom. The lowest BCUT2D eigenvalue weighted by Crippen LogP contribution is -2.52. The van der Waals surface area contributed by atoms with Crippen molar-refractivity contribution in [3.05, 3.63) is 23.8 Å². The minimum absolute atomic E-state index is 0.176. The molecule has 0 saturated heterocycles. The van der Waals surface area contributed by atoms with Crippen LogP contribution in [-0.4, -0.2) is 38.0 Å². The van der Waals surface area contributed by atoms with Gasteiger partial charge in [0.05, 0.1) is 14.2 Å². The predicted molar refractivity (Wildman–Crippen MR) is 92.6 cm³/mol. The summed E-state index contributed by atoms with van der Waals surface area (Å²) in [5.74, 6) is 1.59. The Kier molecular flexibility index (Phi) is 5.94. The molecule has 0 atom stereocenters. The third-order valence-electron chi connectivity index (χ3n) is 3.93. The second-order valence-corrected chi connectivity index (χ2v) is 7.07. The van der Waals surface area contributed by atoms with E-state index in [2.05, 4.69) is 10.6 Å². The van der Waals surface area contributed by atoms with Crippen molar-refractivity contribution in [2.24, 2.45) is 0 Å². The second-order valence-electron chi connectivity index (χ2n) is 7.07. The molecule has 1 amide bonds. The topological polar surface area (TPSA) is 68.8 Å². The zero-order chi connectivity index (χ0) is 17.7. The van der Waals surface area contributed by atoms with Crippen molar-refractivity contribution in [2.45, 2.75) is 57.8 Å². The monoisotopic (exact) mass is 336 g/mol. The van der Waals surface area contributed by atoms with Crippen LogP contribution in [0.2, 0.25) is 0 Å². The van der Waals surface area contributed by atoms with Gasteiger partial charge >= 0.3 is 6.09 Å². The van der Waals surface area contributed by atoms with E-state index in [1.807, 2.05) is 39.0 Å². The Morgan fingerprint density at radius 2 is 1.88 bits per heavy atom. The maximum atomic E-state index is 11.7. The summed E-state index contributed by atoms with van der Waals surface area (Å²) in [5, 5.41) is 6.38. The lowest BCUT2D eigenvalue weighted by Gasteiger charge is -2.36. The first-order chi connectivity index (χ1) is 11.3. The van der Waals surface area contributed by atoms with E-state index in [1.54, 1.807) is 14.2 Å². The average molecular weight is 336 g/mol. The second kappa shape index (κ2) is 7.75. The normalized spacial score (nSPS) is 20.0. The molecule has 0 radical (unpaired) electrons. The number of benzene rings is 1. The molecule has 1 aliphatic carbocycles. The first-order valence-electron chi connectivity index (χ1n) is 8.24. The van der Waals surface area contributed by atoms with Crippen LogP contribution in [0.5, 0.6) is 11.5 Å². The van der Waals surface area contributed by atoms with E-state index in [1.165, 1.54) is 0 Å². The van der Waals surface area contributed by atoms with E-state index in [0.29, 0.717) is 6.04 Å². The number of nitrogens with one attached hydrogen (secondary N) is 2. The molecule has 2 rings (SSSR count). The summed E-state index contributed by atoms with van der Waals surface area (Å²) in [6, 6.07) is 6.37. The van der Waals surface area contributed by atoms with Crippen molar-refractivity contribution >= 4 is 6.09 Å². The van der Waals surface area contributed by atoms with Gasteiger partial charge in [-0.1, -0.05) is 6.07 Å². The quantitative estimate of drug-likeness (QED) is 0.836. The Hall–Kier alpha value is -1.95. The van der Waals surface area contributed by atoms with E-state index in [0.717, 1.165) is 36.4 Å². The summed E-state index contributed by atoms with van der Waals surface area (Å²) in [6.45, 7) is 6.30. The van der Waals surface area contributed by atoms with E-state index >= 15 is 0 Å². The van der Waals surface area contributed by atoms with Crippen LogP contribution >= 0.6 is 0 Å². The molecule has 6 nitrogen and oxygen atoms in total. The Labute approximate surface area is 143 Å². The molecule has 0 bridgehead atoms. The minimum atomic E-state index is -0.462. The summed E-state index contributed by atoms with van der Waals surface area (Å²) < 4.78 is 15.9. The zero-order valence-corrected chi connectivity index (χ0v) is 15.1. The molecule has 1 saturated carbocycles. The van der Waals surface area contributed by atoms with Gasteiger partial charge in [-0.3, -0.25) is 0 Å². The Bertz CT molecular complexity index is 563. The summed E-state index contributed by atoms with van der Waals surface area (Å²) in [5.41, 5.74) is 0.623. The summed E-state index contributed by atoms with van der Waals surface area (Å²) in [6.07, 6.45) is 1.46. The molecule has 6 heteroatoms. The maximum absolute atomic E-state index is 11.7. The van der Waals surface area contributed by atoms with Crippen molar-refractivity contribution in [3.63, 3.8) is 0 Å². The fraction of sp³-hybridized carbons (Fsp3) is 0.611. The van der Waals surface area contributed by atoms with Crippen LogP contribution in [0.25, 0.3) is 0 Å². The van der Waals surface area contributed by atoms with Crippen molar-refractivity contribution < 1.29 is 19.0 Å². The molecule has 1 aliphatic rings. The number of hydrogen-bond donors (Lipinski definition) is 2. The molecular weight excluding hydrogens is 308 g/mol. The Morgan fingerprint density at radius 3 is 2.46 bits per heavy atom. The van der Waals surface area contributed by atoms with Gasteiger partial charge in [0.1, 0.15) is 17.1 Å². The molecule has 0 aromatic heterocycles. The first-order valence-corrected chi connectivity index (χ1v) is 8.24. The van der Waals surface area contributed by atoms with Crippen molar-refractivity contribution in [1.82, 2.24) is 10.6 Å². The van der Waals surface area contributed by atoms with Crippen molar-refractivity contribution in [2.75, 3.05) is 14.2 Å². The van der Waals surface area contributed by atoms with Crippen LogP contribution in [0.1, 0.15) is 39.2 Å². The molecule has 1 aromatic carbocycles. The third kappa shape index (κ3) is 5.30. The van der Waals surface area contributed by atoms with Gasteiger partial charge in [0.2, 0.25) is 0 Å². The van der Waals surface area contributed by atoms with Crippen LogP contribution in [0.15, 0.2) is 18.2 Å². The van der Waals surface area contributed by atoms with Gasteiger partial charge in [0.15, 0.2) is 0 Å². The number of amides is 1. The van der Waals surface area contributed by atoms with E-state index in [4.69, 9.17) is 14.2 Å². The van der Waals surface area contributed by atoms with Gasteiger partial charge in [-0.15, -0.1) is 0 Å². The molecule has 0 unspecified atom stereocenters. The van der Waals surface area contributed by atoms with Crippen molar-refractivity contribution in [3.8, 4) is 11.5 Å². The average Bonchev–Trinajstić information content (AvgIpc) is 2.47. The van der Waals surface area contributed by atoms with E-state index in [9.17, 15) is 4.79 Å². The number of ether oxygens (including phenoxy) is 3. The molecule has 2 N–H and O–H groups in total. The first kappa shape index (κ1) is 18.4. The highest BCUT2D eigenvalue weighted by atomic mass is 16.6. The molecule has 1 fully saturated rings. The Balaban J connectivity index is 1.73. The van der Waals surface area contributed by atoms with Gasteiger partial charge in [-0.25, -0.2) is 4.79 Å². The number of methoxy groups -OCH3 is 2. The van der Waals surface area contributed by atoms with E-state index in [-0.39, 0.29) is 12.1 Å². The molecule has 0 heterocycles. The summed E-state index contributed by atoms with van der Waals surface area (Å²) in [4.78, 5) is 11.7. The lowest BCUT2D eigenvalue weighted by molar-refractivity contribution is 0.0465.